The predicted molar refractivity (Wildman–Crippen MR) is 112 cm³/mol. The summed E-state index contributed by atoms with van der Waals surface area (Å²) < 4.78 is 0. The fraction of sp³-hybridized carbons (Fsp3) is 0.706. The van der Waals surface area contributed by atoms with Crippen LogP contribution in [0.2, 0.25) is 0 Å². The van der Waals surface area contributed by atoms with Crippen LogP contribution in [0.15, 0.2) is 25.3 Å². The van der Waals surface area contributed by atoms with Gasteiger partial charge in [-0.05, 0) is 5.92 Å². The zero-order chi connectivity index (χ0) is 16.4. The van der Waals surface area contributed by atoms with Crippen molar-refractivity contribution in [3.8, 4) is 0 Å². The summed E-state index contributed by atoms with van der Waals surface area (Å²) in [7, 11) is 0. The fourth-order valence-electron chi connectivity index (χ4n) is 2.73. The van der Waals surface area contributed by atoms with Crippen LogP contribution in [0.4, 0.5) is 0 Å². The molecule has 24 heavy (non-hydrogen) atoms. The number of carbonyl (C=O) groups is 1. The van der Waals surface area contributed by atoms with Crippen LogP contribution in [0, 0.1) is 5.92 Å². The molecule has 7 heteroatoms. The van der Waals surface area contributed by atoms with E-state index >= 15 is 0 Å². The molecular weight excluding hydrogens is 365 g/mol. The molecule has 0 saturated carbocycles. The molecule has 1 heterocycles. The van der Waals surface area contributed by atoms with E-state index in [0.717, 1.165) is 31.1 Å². The van der Waals surface area contributed by atoms with E-state index in [2.05, 4.69) is 42.5 Å². The molecule has 0 radical (unpaired) electrons. The van der Waals surface area contributed by atoms with Gasteiger partial charge in [0, 0.05) is 56.2 Å². The van der Waals surface area contributed by atoms with Crippen molar-refractivity contribution in [1.29, 1.82) is 0 Å². The zero-order valence-electron chi connectivity index (χ0n) is 14.8. The maximum absolute atomic E-state index is 12.2. The van der Waals surface area contributed by atoms with Gasteiger partial charge in [-0.25, -0.2) is 0 Å². The Hall–Kier alpha value is -0.200. The maximum atomic E-state index is 12.2. The van der Waals surface area contributed by atoms with E-state index in [4.69, 9.17) is 0 Å². The lowest BCUT2D eigenvalue weighted by Gasteiger charge is -2.33. The van der Waals surface area contributed by atoms with E-state index in [0.29, 0.717) is 31.0 Å². The van der Waals surface area contributed by atoms with Crippen LogP contribution < -0.4 is 10.6 Å². The van der Waals surface area contributed by atoms with E-state index < -0.39 is 0 Å². The van der Waals surface area contributed by atoms with Gasteiger partial charge in [-0.1, -0.05) is 26.0 Å². The topological polar surface area (TPSA) is 44.4 Å². The summed E-state index contributed by atoms with van der Waals surface area (Å²) in [5.41, 5.74) is 0. The number of halogens is 2. The third kappa shape index (κ3) is 9.94. The molecule has 1 amide bonds. The third-order valence-corrected chi connectivity index (χ3v) is 5.04. The normalized spacial score (nSPS) is 18.2. The average Bonchev–Trinajstić information content (AvgIpc) is 2.48. The van der Waals surface area contributed by atoms with E-state index in [1.165, 1.54) is 0 Å². The van der Waals surface area contributed by atoms with Crippen molar-refractivity contribution in [3.63, 3.8) is 0 Å². The lowest BCUT2D eigenvalue weighted by atomic mass is 10.0. The lowest BCUT2D eigenvalue weighted by molar-refractivity contribution is -0.121. The van der Waals surface area contributed by atoms with Crippen molar-refractivity contribution in [2.75, 3.05) is 37.7 Å². The van der Waals surface area contributed by atoms with Gasteiger partial charge in [0.15, 0.2) is 0 Å². The quantitative estimate of drug-likeness (QED) is 0.556. The maximum Gasteiger partial charge on any atom is 0.221 e. The summed E-state index contributed by atoms with van der Waals surface area (Å²) in [6.45, 7) is 15.3. The molecular formula is C17H33Cl2N3OS. The van der Waals surface area contributed by atoms with Crippen LogP contribution in [-0.4, -0.2) is 60.6 Å². The first kappa shape index (κ1) is 26.0. The van der Waals surface area contributed by atoms with E-state index in [1.54, 1.807) is 0 Å². The Bertz CT molecular complexity index is 354. The molecule has 2 atom stereocenters. The Morgan fingerprint density at radius 3 is 2.42 bits per heavy atom. The minimum absolute atomic E-state index is 0. The SMILES string of the molecule is C=CCN(CC=C)C(CNC(=O)CC1CSCCN1)C(C)C.Cl.Cl. The van der Waals surface area contributed by atoms with Gasteiger partial charge in [0.1, 0.15) is 0 Å². The summed E-state index contributed by atoms with van der Waals surface area (Å²) >= 11 is 1.92. The molecule has 1 aliphatic heterocycles. The highest BCUT2D eigenvalue weighted by Gasteiger charge is 2.22. The van der Waals surface area contributed by atoms with Gasteiger partial charge in [-0.3, -0.25) is 9.69 Å². The standard InChI is InChI=1S/C17H31N3OS.2ClH/c1-5-8-20(9-6-2)16(14(3)4)12-19-17(21)11-15-13-22-10-7-18-15;;/h5-6,14-16,18H,1-2,7-13H2,3-4H3,(H,19,21);2*1H. The van der Waals surface area contributed by atoms with Gasteiger partial charge in [0.05, 0.1) is 0 Å². The van der Waals surface area contributed by atoms with Gasteiger partial charge >= 0.3 is 0 Å². The molecule has 0 bridgehead atoms. The Kier molecular flexibility index (Phi) is 16.4. The van der Waals surface area contributed by atoms with Gasteiger partial charge in [0.2, 0.25) is 5.91 Å². The molecule has 1 aliphatic rings. The highest BCUT2D eigenvalue weighted by atomic mass is 35.5. The van der Waals surface area contributed by atoms with Crippen molar-refractivity contribution in [2.45, 2.75) is 32.4 Å². The number of hydrogen-bond acceptors (Lipinski definition) is 4. The van der Waals surface area contributed by atoms with Crippen LogP contribution in [0.25, 0.3) is 0 Å². The molecule has 1 rings (SSSR count). The van der Waals surface area contributed by atoms with Crippen molar-refractivity contribution < 1.29 is 4.79 Å². The Labute approximate surface area is 164 Å². The summed E-state index contributed by atoms with van der Waals surface area (Å²) in [5, 5.41) is 6.52. The van der Waals surface area contributed by atoms with Gasteiger partial charge in [0.25, 0.3) is 0 Å². The van der Waals surface area contributed by atoms with E-state index in [-0.39, 0.29) is 30.7 Å². The molecule has 0 aromatic carbocycles. The summed E-state index contributed by atoms with van der Waals surface area (Å²) in [5.74, 6) is 2.78. The van der Waals surface area contributed by atoms with Crippen molar-refractivity contribution in [3.05, 3.63) is 25.3 Å². The molecule has 0 spiro atoms. The highest BCUT2D eigenvalue weighted by molar-refractivity contribution is 7.99. The first-order chi connectivity index (χ1) is 10.6. The van der Waals surface area contributed by atoms with Gasteiger partial charge < -0.3 is 10.6 Å². The van der Waals surface area contributed by atoms with E-state index in [1.807, 2.05) is 23.9 Å². The molecule has 0 aromatic heterocycles. The number of hydrogen-bond donors (Lipinski definition) is 2. The summed E-state index contributed by atoms with van der Waals surface area (Å²) in [6, 6.07) is 0.613. The number of nitrogens with one attached hydrogen (secondary N) is 2. The molecule has 1 saturated heterocycles. The second-order valence-corrected chi connectivity index (χ2v) is 7.23. The van der Waals surface area contributed by atoms with Crippen LogP contribution in [-0.2, 0) is 4.79 Å². The highest BCUT2D eigenvalue weighted by Crippen LogP contribution is 2.12. The molecule has 0 aliphatic carbocycles. The van der Waals surface area contributed by atoms with Crippen LogP contribution in [0.5, 0.6) is 0 Å². The molecule has 0 aromatic rings. The number of rotatable bonds is 10. The number of amides is 1. The first-order valence-electron chi connectivity index (χ1n) is 8.12. The second-order valence-electron chi connectivity index (χ2n) is 6.08. The Morgan fingerprint density at radius 1 is 1.33 bits per heavy atom. The first-order valence-corrected chi connectivity index (χ1v) is 9.27. The van der Waals surface area contributed by atoms with Crippen molar-refractivity contribution >= 4 is 42.5 Å². The minimum Gasteiger partial charge on any atom is -0.354 e. The second kappa shape index (κ2) is 15.1. The summed E-state index contributed by atoms with van der Waals surface area (Å²) in [6.07, 6.45) is 4.38. The molecule has 1 fully saturated rings. The van der Waals surface area contributed by atoms with Crippen molar-refractivity contribution in [1.82, 2.24) is 15.5 Å². The number of carbonyl (C=O) groups excluding carboxylic acids is 1. The van der Waals surface area contributed by atoms with Crippen LogP contribution >= 0.6 is 36.6 Å². The molecule has 2 unspecified atom stereocenters. The van der Waals surface area contributed by atoms with Gasteiger partial charge in [-0.2, -0.15) is 11.8 Å². The Balaban J connectivity index is 0. The number of thioether (sulfide) groups is 1. The molecule has 2 N–H and O–H groups in total. The minimum atomic E-state index is 0. The Morgan fingerprint density at radius 2 is 1.96 bits per heavy atom. The smallest absolute Gasteiger partial charge is 0.221 e. The van der Waals surface area contributed by atoms with Crippen LogP contribution in [0.1, 0.15) is 20.3 Å². The predicted octanol–water partition coefficient (Wildman–Crippen LogP) is 2.74. The van der Waals surface area contributed by atoms with Gasteiger partial charge in [-0.15, -0.1) is 38.0 Å². The van der Waals surface area contributed by atoms with Crippen LogP contribution in [0.3, 0.4) is 0 Å². The zero-order valence-corrected chi connectivity index (χ0v) is 17.3. The van der Waals surface area contributed by atoms with Crippen molar-refractivity contribution in [2.24, 2.45) is 5.92 Å². The van der Waals surface area contributed by atoms with E-state index in [9.17, 15) is 4.79 Å². The summed E-state index contributed by atoms with van der Waals surface area (Å²) in [4.78, 5) is 14.5. The monoisotopic (exact) mass is 397 g/mol. The number of nitrogens with zero attached hydrogens (tertiary/aromatic N) is 1. The fourth-order valence-corrected chi connectivity index (χ4v) is 3.68. The lowest BCUT2D eigenvalue weighted by Crippen LogP contribution is -2.48. The molecule has 4 nitrogen and oxygen atoms in total. The molecule has 142 valence electrons. The third-order valence-electron chi connectivity index (χ3n) is 3.90. The largest absolute Gasteiger partial charge is 0.354 e. The average molecular weight is 398 g/mol.